The minimum Gasteiger partial charge on any atom is -0.353 e. The smallest absolute Gasteiger partial charge is 0.257 e. The summed E-state index contributed by atoms with van der Waals surface area (Å²) in [5.74, 6) is -0.608. The van der Waals surface area contributed by atoms with Gasteiger partial charge in [-0.3, -0.25) is 19.3 Å². The number of sulfonamides is 1. The lowest BCUT2D eigenvalue weighted by atomic mass is 10.0. The highest BCUT2D eigenvalue weighted by atomic mass is 32.2. The standard InChI is InChI=1S/C27H23N5O4S/c1-37(35,36)32-22-7-3-2-6-20(22)18-8-10-21-24(13-18)30-23-11-9-19(14-25(23)31-27(21)34)26(33)29-16-17-5-4-12-28-15-17/h2-15,30,32H,16H2,1H3,(H,29,33)(H,31,34). The molecule has 0 bridgehead atoms. The number of rotatable bonds is 6. The van der Waals surface area contributed by atoms with Crippen LogP contribution in [-0.2, 0) is 16.6 Å². The second-order valence-electron chi connectivity index (χ2n) is 8.56. The van der Waals surface area contributed by atoms with Crippen LogP contribution in [0.4, 0.5) is 22.7 Å². The van der Waals surface area contributed by atoms with E-state index in [4.69, 9.17) is 0 Å². The Hall–Kier alpha value is -4.70. The van der Waals surface area contributed by atoms with Gasteiger partial charge in [-0.05, 0) is 53.6 Å². The fourth-order valence-electron chi connectivity index (χ4n) is 4.06. The topological polar surface area (TPSA) is 129 Å². The van der Waals surface area contributed by atoms with Crippen molar-refractivity contribution in [2.24, 2.45) is 0 Å². The molecule has 0 unspecified atom stereocenters. The van der Waals surface area contributed by atoms with Crippen LogP contribution in [-0.4, -0.2) is 31.5 Å². The number of nitrogens with zero attached hydrogens (tertiary/aromatic N) is 1. The second kappa shape index (κ2) is 9.75. The molecule has 5 rings (SSSR count). The lowest BCUT2D eigenvalue weighted by Gasteiger charge is -2.14. The molecule has 0 saturated heterocycles. The van der Waals surface area contributed by atoms with Crippen molar-refractivity contribution in [1.29, 1.82) is 0 Å². The molecule has 0 atom stereocenters. The van der Waals surface area contributed by atoms with Crippen LogP contribution < -0.4 is 20.7 Å². The molecule has 186 valence electrons. The van der Waals surface area contributed by atoms with Crippen LogP contribution in [0.1, 0.15) is 26.3 Å². The van der Waals surface area contributed by atoms with Crippen molar-refractivity contribution in [2.45, 2.75) is 6.54 Å². The van der Waals surface area contributed by atoms with E-state index in [-0.39, 0.29) is 11.8 Å². The average Bonchev–Trinajstić information content (AvgIpc) is 3.02. The van der Waals surface area contributed by atoms with Gasteiger partial charge < -0.3 is 16.0 Å². The summed E-state index contributed by atoms with van der Waals surface area (Å²) >= 11 is 0. The maximum atomic E-state index is 13.0. The highest BCUT2D eigenvalue weighted by Crippen LogP contribution is 2.37. The van der Waals surface area contributed by atoms with E-state index in [2.05, 4.69) is 25.7 Å². The number of fused-ring (bicyclic) bond motifs is 2. The van der Waals surface area contributed by atoms with Crippen LogP contribution in [0.25, 0.3) is 11.1 Å². The van der Waals surface area contributed by atoms with E-state index in [1.807, 2.05) is 12.1 Å². The Labute approximate surface area is 214 Å². The van der Waals surface area contributed by atoms with Crippen LogP contribution >= 0.6 is 0 Å². The van der Waals surface area contributed by atoms with Gasteiger partial charge in [0.15, 0.2) is 0 Å². The maximum absolute atomic E-state index is 13.0. The monoisotopic (exact) mass is 513 g/mol. The first-order chi connectivity index (χ1) is 17.8. The quantitative estimate of drug-likeness (QED) is 0.303. The van der Waals surface area contributed by atoms with Crippen molar-refractivity contribution in [2.75, 3.05) is 21.6 Å². The van der Waals surface area contributed by atoms with Crippen molar-refractivity contribution in [3.05, 3.63) is 102 Å². The lowest BCUT2D eigenvalue weighted by molar-refractivity contribution is 0.0949. The first-order valence-corrected chi connectivity index (χ1v) is 13.3. The van der Waals surface area contributed by atoms with E-state index in [0.29, 0.717) is 46.0 Å². The van der Waals surface area contributed by atoms with Gasteiger partial charge in [-0.15, -0.1) is 0 Å². The third kappa shape index (κ3) is 5.44. The fourth-order valence-corrected chi connectivity index (χ4v) is 4.63. The number of nitrogens with one attached hydrogen (secondary N) is 4. The van der Waals surface area contributed by atoms with Crippen molar-refractivity contribution < 1.29 is 18.0 Å². The van der Waals surface area contributed by atoms with Gasteiger partial charge in [0.05, 0.1) is 34.6 Å². The zero-order valence-corrected chi connectivity index (χ0v) is 20.6. The second-order valence-corrected chi connectivity index (χ2v) is 10.3. The zero-order chi connectivity index (χ0) is 26.0. The van der Waals surface area contributed by atoms with Crippen LogP contribution in [0.3, 0.4) is 0 Å². The maximum Gasteiger partial charge on any atom is 0.257 e. The predicted octanol–water partition coefficient (Wildman–Crippen LogP) is 4.36. The number of benzene rings is 3. The van der Waals surface area contributed by atoms with E-state index in [0.717, 1.165) is 17.4 Å². The van der Waals surface area contributed by atoms with E-state index in [1.54, 1.807) is 73.1 Å². The first-order valence-electron chi connectivity index (χ1n) is 11.4. The number of amides is 2. The number of hydrogen-bond donors (Lipinski definition) is 4. The van der Waals surface area contributed by atoms with E-state index < -0.39 is 10.0 Å². The number of carbonyl (C=O) groups excluding carboxylic acids is 2. The summed E-state index contributed by atoms with van der Waals surface area (Å²) in [6, 6.07) is 21.0. The number of para-hydroxylation sites is 1. The summed E-state index contributed by atoms with van der Waals surface area (Å²) in [7, 11) is -3.48. The van der Waals surface area contributed by atoms with Crippen LogP contribution in [0.2, 0.25) is 0 Å². The van der Waals surface area contributed by atoms with Gasteiger partial charge in [-0.25, -0.2) is 8.42 Å². The van der Waals surface area contributed by atoms with Crippen LogP contribution in [0, 0.1) is 0 Å². The number of carbonyl (C=O) groups is 2. The molecule has 10 heteroatoms. The Bertz CT molecular complexity index is 1620. The van der Waals surface area contributed by atoms with Crippen molar-refractivity contribution in [1.82, 2.24) is 10.3 Å². The third-order valence-electron chi connectivity index (χ3n) is 5.77. The van der Waals surface area contributed by atoms with Gasteiger partial charge >= 0.3 is 0 Å². The number of aromatic nitrogens is 1. The molecule has 0 spiro atoms. The Morgan fingerprint density at radius 2 is 1.73 bits per heavy atom. The Balaban J connectivity index is 1.42. The van der Waals surface area contributed by atoms with Gasteiger partial charge in [0, 0.05) is 30.1 Å². The first kappa shape index (κ1) is 24.0. The number of pyridine rings is 1. The molecule has 0 radical (unpaired) electrons. The average molecular weight is 514 g/mol. The van der Waals surface area contributed by atoms with Gasteiger partial charge in [0.2, 0.25) is 10.0 Å². The van der Waals surface area contributed by atoms with Crippen molar-refractivity contribution in [3.63, 3.8) is 0 Å². The van der Waals surface area contributed by atoms with Gasteiger partial charge in [-0.1, -0.05) is 30.3 Å². The van der Waals surface area contributed by atoms with E-state index in [9.17, 15) is 18.0 Å². The molecule has 9 nitrogen and oxygen atoms in total. The lowest BCUT2D eigenvalue weighted by Crippen LogP contribution is -2.23. The van der Waals surface area contributed by atoms with Crippen molar-refractivity contribution >= 4 is 44.6 Å². The summed E-state index contributed by atoms with van der Waals surface area (Å²) in [6.45, 7) is 0.332. The number of hydrogen-bond acceptors (Lipinski definition) is 6. The molecule has 0 fully saturated rings. The van der Waals surface area contributed by atoms with E-state index in [1.165, 1.54) is 0 Å². The molecule has 37 heavy (non-hydrogen) atoms. The molecule has 1 aliphatic heterocycles. The fraction of sp³-hybridized carbons (Fsp3) is 0.0741. The Morgan fingerprint density at radius 1 is 0.892 bits per heavy atom. The minimum atomic E-state index is -3.48. The van der Waals surface area contributed by atoms with Crippen molar-refractivity contribution in [3.8, 4) is 11.1 Å². The summed E-state index contributed by atoms with van der Waals surface area (Å²) in [5.41, 5.74) is 5.16. The Morgan fingerprint density at radius 3 is 2.51 bits per heavy atom. The SMILES string of the molecule is CS(=O)(=O)Nc1ccccc1-c1ccc2c(c1)Nc1ccc(C(=O)NCc3cccnc3)cc1NC2=O. The molecule has 3 aromatic carbocycles. The normalized spacial score (nSPS) is 12.3. The molecule has 2 amide bonds. The third-order valence-corrected chi connectivity index (χ3v) is 6.36. The highest BCUT2D eigenvalue weighted by molar-refractivity contribution is 7.92. The molecule has 4 N–H and O–H groups in total. The zero-order valence-electron chi connectivity index (χ0n) is 19.8. The predicted molar refractivity (Wildman–Crippen MR) is 143 cm³/mol. The summed E-state index contributed by atoms with van der Waals surface area (Å²) in [4.78, 5) is 29.8. The number of anilines is 4. The minimum absolute atomic E-state index is 0.278. The molecular formula is C27H23N5O4S. The van der Waals surface area contributed by atoms with Gasteiger partial charge in [0.25, 0.3) is 11.8 Å². The molecular weight excluding hydrogens is 490 g/mol. The molecule has 0 saturated carbocycles. The molecule has 0 aliphatic carbocycles. The van der Waals surface area contributed by atoms with Crippen LogP contribution in [0.15, 0.2) is 85.2 Å². The Kier molecular flexibility index (Phi) is 6.33. The highest BCUT2D eigenvalue weighted by Gasteiger charge is 2.21. The van der Waals surface area contributed by atoms with Gasteiger partial charge in [0.1, 0.15) is 0 Å². The summed E-state index contributed by atoms with van der Waals surface area (Å²) < 4.78 is 26.2. The molecule has 1 aliphatic rings. The molecule has 4 aromatic rings. The molecule has 1 aromatic heterocycles. The van der Waals surface area contributed by atoms with Crippen LogP contribution in [0.5, 0.6) is 0 Å². The van der Waals surface area contributed by atoms with Gasteiger partial charge in [-0.2, -0.15) is 0 Å². The van der Waals surface area contributed by atoms with E-state index >= 15 is 0 Å². The largest absolute Gasteiger partial charge is 0.353 e. The molecule has 2 heterocycles. The summed E-state index contributed by atoms with van der Waals surface area (Å²) in [5, 5.41) is 8.99. The summed E-state index contributed by atoms with van der Waals surface area (Å²) in [6.07, 6.45) is 4.44.